The molecule has 1 saturated heterocycles. The zero-order valence-corrected chi connectivity index (χ0v) is 8.98. The zero-order valence-electron chi connectivity index (χ0n) is 8.98. The average Bonchev–Trinajstić information content (AvgIpc) is 2.69. The minimum absolute atomic E-state index is 0.239. The monoisotopic (exact) mass is 206 g/mol. The minimum atomic E-state index is 0.239. The van der Waals surface area contributed by atoms with Gasteiger partial charge in [-0.05, 0) is 44.2 Å². The Bertz CT molecular complexity index is 316. The van der Waals surface area contributed by atoms with Gasteiger partial charge in [0.05, 0.1) is 5.60 Å². The summed E-state index contributed by atoms with van der Waals surface area (Å²) in [5.74, 6) is 0. The molecule has 2 heterocycles. The van der Waals surface area contributed by atoms with Crippen molar-refractivity contribution < 1.29 is 4.74 Å². The molecular formula is C12H18N2O. The standard InChI is InChI=1S/C12H18N2O/c1-2-8-14(7-1)13-11-4-9-15-12(10-11)5-3-6-12/h1-2,7-8,11,13H,3-6,9-10H2. The van der Waals surface area contributed by atoms with E-state index < -0.39 is 0 Å². The molecule has 1 N–H and O–H groups in total. The summed E-state index contributed by atoms with van der Waals surface area (Å²) < 4.78 is 7.96. The van der Waals surface area contributed by atoms with E-state index in [-0.39, 0.29) is 5.60 Å². The Morgan fingerprint density at radius 3 is 2.73 bits per heavy atom. The molecule has 1 spiro atoms. The van der Waals surface area contributed by atoms with Crippen molar-refractivity contribution in [2.75, 3.05) is 12.0 Å². The molecule has 1 aromatic rings. The molecule has 1 atom stereocenters. The van der Waals surface area contributed by atoms with Gasteiger partial charge in [-0.25, -0.2) is 0 Å². The fourth-order valence-corrected chi connectivity index (χ4v) is 2.69. The van der Waals surface area contributed by atoms with E-state index >= 15 is 0 Å². The number of hydrogen-bond donors (Lipinski definition) is 1. The Morgan fingerprint density at radius 2 is 2.07 bits per heavy atom. The summed E-state index contributed by atoms with van der Waals surface area (Å²) in [5, 5.41) is 0. The molecule has 2 aliphatic rings. The molecule has 1 aliphatic carbocycles. The maximum atomic E-state index is 5.90. The van der Waals surface area contributed by atoms with E-state index in [2.05, 4.69) is 22.5 Å². The second-order valence-corrected chi connectivity index (χ2v) is 4.79. The summed E-state index contributed by atoms with van der Waals surface area (Å²) in [6.45, 7) is 0.916. The first-order chi connectivity index (χ1) is 7.36. The van der Waals surface area contributed by atoms with E-state index in [1.54, 1.807) is 0 Å². The Kier molecular flexibility index (Phi) is 2.20. The van der Waals surface area contributed by atoms with Gasteiger partial charge in [-0.2, -0.15) is 0 Å². The lowest BCUT2D eigenvalue weighted by molar-refractivity contribution is -0.131. The van der Waals surface area contributed by atoms with Crippen LogP contribution in [0.15, 0.2) is 24.5 Å². The summed E-state index contributed by atoms with van der Waals surface area (Å²) in [4.78, 5) is 0. The molecule has 3 heteroatoms. The lowest BCUT2D eigenvalue weighted by atomic mass is 9.74. The largest absolute Gasteiger partial charge is 0.375 e. The van der Waals surface area contributed by atoms with Crippen molar-refractivity contribution in [1.29, 1.82) is 0 Å². The molecule has 82 valence electrons. The molecular weight excluding hydrogens is 188 g/mol. The summed E-state index contributed by atoms with van der Waals surface area (Å²) in [6.07, 6.45) is 10.3. The maximum absolute atomic E-state index is 5.90. The van der Waals surface area contributed by atoms with Crippen LogP contribution in [-0.2, 0) is 4.74 Å². The molecule has 0 aromatic carbocycles. The predicted molar refractivity (Wildman–Crippen MR) is 59.3 cm³/mol. The van der Waals surface area contributed by atoms with E-state index in [1.165, 1.54) is 25.7 Å². The highest BCUT2D eigenvalue weighted by Crippen LogP contribution is 2.42. The first-order valence-corrected chi connectivity index (χ1v) is 5.90. The normalized spacial score (nSPS) is 28.7. The van der Waals surface area contributed by atoms with Crippen molar-refractivity contribution in [3.8, 4) is 0 Å². The highest BCUT2D eigenvalue weighted by atomic mass is 16.5. The van der Waals surface area contributed by atoms with Crippen molar-refractivity contribution in [1.82, 2.24) is 4.68 Å². The predicted octanol–water partition coefficient (Wildman–Crippen LogP) is 2.13. The molecule has 0 bridgehead atoms. The fraction of sp³-hybridized carbons (Fsp3) is 0.667. The van der Waals surface area contributed by atoms with Gasteiger partial charge in [0.2, 0.25) is 0 Å². The van der Waals surface area contributed by atoms with Gasteiger partial charge in [-0.3, -0.25) is 4.68 Å². The van der Waals surface area contributed by atoms with Crippen LogP contribution in [0.25, 0.3) is 0 Å². The van der Waals surface area contributed by atoms with Gasteiger partial charge in [-0.1, -0.05) is 0 Å². The Morgan fingerprint density at radius 1 is 1.27 bits per heavy atom. The van der Waals surface area contributed by atoms with Gasteiger partial charge < -0.3 is 10.2 Å². The topological polar surface area (TPSA) is 26.2 Å². The Balaban J connectivity index is 1.62. The Labute approximate surface area is 90.4 Å². The zero-order chi connectivity index (χ0) is 10.1. The summed E-state index contributed by atoms with van der Waals surface area (Å²) in [7, 11) is 0. The van der Waals surface area contributed by atoms with Crippen LogP contribution >= 0.6 is 0 Å². The van der Waals surface area contributed by atoms with Crippen LogP contribution < -0.4 is 5.43 Å². The van der Waals surface area contributed by atoms with Gasteiger partial charge in [-0.15, -0.1) is 0 Å². The first-order valence-electron chi connectivity index (χ1n) is 5.90. The highest BCUT2D eigenvalue weighted by Gasteiger charge is 2.42. The number of rotatable bonds is 2. The van der Waals surface area contributed by atoms with Crippen LogP contribution in [0.5, 0.6) is 0 Å². The molecule has 2 fully saturated rings. The second-order valence-electron chi connectivity index (χ2n) is 4.79. The third kappa shape index (κ3) is 1.76. The molecule has 1 unspecified atom stereocenters. The third-order valence-corrected chi connectivity index (χ3v) is 3.69. The van der Waals surface area contributed by atoms with Crippen LogP contribution in [0.4, 0.5) is 0 Å². The van der Waals surface area contributed by atoms with E-state index in [0.717, 1.165) is 13.0 Å². The van der Waals surface area contributed by atoms with Crippen LogP contribution in [0.2, 0.25) is 0 Å². The third-order valence-electron chi connectivity index (χ3n) is 3.69. The van der Waals surface area contributed by atoms with Crippen molar-refractivity contribution >= 4 is 0 Å². The quantitative estimate of drug-likeness (QED) is 0.802. The smallest absolute Gasteiger partial charge is 0.0702 e. The number of ether oxygens (including phenoxy) is 1. The minimum Gasteiger partial charge on any atom is -0.375 e. The maximum Gasteiger partial charge on any atom is 0.0702 e. The molecule has 1 aromatic heterocycles. The number of nitrogens with zero attached hydrogens (tertiary/aromatic N) is 1. The molecule has 0 amide bonds. The summed E-state index contributed by atoms with van der Waals surface area (Å²) in [5.41, 5.74) is 3.76. The van der Waals surface area contributed by atoms with E-state index in [9.17, 15) is 0 Å². The molecule has 1 saturated carbocycles. The van der Waals surface area contributed by atoms with Gasteiger partial charge >= 0.3 is 0 Å². The number of hydrogen-bond acceptors (Lipinski definition) is 2. The second kappa shape index (κ2) is 3.56. The lowest BCUT2D eigenvalue weighted by Gasteiger charge is -2.47. The summed E-state index contributed by atoms with van der Waals surface area (Å²) >= 11 is 0. The SMILES string of the molecule is c1ccn(NC2CCOC3(CCC3)C2)c1. The van der Waals surface area contributed by atoms with Gasteiger partial charge in [0, 0.05) is 25.0 Å². The van der Waals surface area contributed by atoms with Crippen LogP contribution in [0.3, 0.4) is 0 Å². The highest BCUT2D eigenvalue weighted by molar-refractivity contribution is 5.01. The van der Waals surface area contributed by atoms with Crippen molar-refractivity contribution in [2.45, 2.75) is 43.7 Å². The van der Waals surface area contributed by atoms with Crippen LogP contribution in [0.1, 0.15) is 32.1 Å². The average molecular weight is 206 g/mol. The number of aromatic nitrogens is 1. The summed E-state index contributed by atoms with van der Waals surface area (Å²) in [6, 6.07) is 4.67. The van der Waals surface area contributed by atoms with Crippen LogP contribution in [0, 0.1) is 0 Å². The molecule has 3 rings (SSSR count). The fourth-order valence-electron chi connectivity index (χ4n) is 2.69. The Hall–Kier alpha value is -0.960. The number of nitrogens with one attached hydrogen (secondary N) is 1. The van der Waals surface area contributed by atoms with Crippen molar-refractivity contribution in [3.05, 3.63) is 24.5 Å². The van der Waals surface area contributed by atoms with E-state index in [1.807, 2.05) is 12.1 Å². The lowest BCUT2D eigenvalue weighted by Crippen LogP contribution is -2.50. The van der Waals surface area contributed by atoms with Crippen molar-refractivity contribution in [3.63, 3.8) is 0 Å². The van der Waals surface area contributed by atoms with Gasteiger partial charge in [0.25, 0.3) is 0 Å². The van der Waals surface area contributed by atoms with Gasteiger partial charge in [0.15, 0.2) is 0 Å². The van der Waals surface area contributed by atoms with E-state index in [4.69, 9.17) is 4.74 Å². The molecule has 15 heavy (non-hydrogen) atoms. The van der Waals surface area contributed by atoms with Gasteiger partial charge in [0.1, 0.15) is 0 Å². The van der Waals surface area contributed by atoms with E-state index in [0.29, 0.717) is 6.04 Å². The van der Waals surface area contributed by atoms with Crippen LogP contribution in [-0.4, -0.2) is 22.9 Å². The first kappa shape index (κ1) is 9.28. The van der Waals surface area contributed by atoms with Crippen molar-refractivity contribution in [2.24, 2.45) is 0 Å². The molecule has 1 aliphatic heterocycles. The molecule has 0 radical (unpaired) electrons. The molecule has 3 nitrogen and oxygen atoms in total.